The zero-order chi connectivity index (χ0) is 14.0. The molecule has 10 heteroatoms. The molecule has 0 aliphatic rings. The number of alkyl halides is 3. The molecule has 0 saturated heterocycles. The maximum atomic E-state index is 12.0. The lowest BCUT2D eigenvalue weighted by molar-refractivity contribution is -0.135. The summed E-state index contributed by atoms with van der Waals surface area (Å²) in [6.45, 7) is -0.729. The number of hydrogen-bond acceptors (Lipinski definition) is 4. The molecular weight excluding hydrogens is 273 g/mol. The number of nitrogens with zero attached hydrogens (tertiary/aromatic N) is 2. The lowest BCUT2D eigenvalue weighted by atomic mass is 10.4. The van der Waals surface area contributed by atoms with Gasteiger partial charge in [-0.1, -0.05) is 0 Å². The fraction of sp³-hybridized carbons (Fsp3) is 0.625. The van der Waals surface area contributed by atoms with Gasteiger partial charge in [0.2, 0.25) is 0 Å². The standard InChI is InChI=1S/C8H13F3N4O2S/c1-15(3-2-8(9,10)11)18(16,17)7-6(4-12)5-13-14-7/h5H,2-4,12H2,1H3,(H,13,14). The van der Waals surface area contributed by atoms with E-state index >= 15 is 0 Å². The van der Waals surface area contributed by atoms with E-state index in [2.05, 4.69) is 10.2 Å². The molecule has 3 N–H and O–H groups in total. The van der Waals surface area contributed by atoms with Crippen LogP contribution in [0, 0.1) is 0 Å². The first-order chi connectivity index (χ1) is 8.18. The maximum Gasteiger partial charge on any atom is 0.390 e. The molecule has 1 aromatic rings. The first-order valence-corrected chi connectivity index (χ1v) is 6.38. The maximum absolute atomic E-state index is 12.0. The van der Waals surface area contributed by atoms with Crippen molar-refractivity contribution in [3.63, 3.8) is 0 Å². The van der Waals surface area contributed by atoms with Crippen LogP contribution in [0.1, 0.15) is 12.0 Å². The molecule has 0 atom stereocenters. The number of aromatic nitrogens is 2. The van der Waals surface area contributed by atoms with E-state index in [0.717, 1.165) is 7.05 Å². The van der Waals surface area contributed by atoms with Crippen LogP contribution in [0.25, 0.3) is 0 Å². The molecule has 1 aromatic heterocycles. The Morgan fingerprint density at radius 1 is 1.50 bits per heavy atom. The molecule has 1 rings (SSSR count). The van der Waals surface area contributed by atoms with Crippen LogP contribution in [0.5, 0.6) is 0 Å². The molecule has 1 heterocycles. The van der Waals surface area contributed by atoms with Crippen molar-refractivity contribution in [1.29, 1.82) is 0 Å². The summed E-state index contributed by atoms with van der Waals surface area (Å²) >= 11 is 0. The Morgan fingerprint density at radius 3 is 2.61 bits per heavy atom. The van der Waals surface area contributed by atoms with E-state index in [4.69, 9.17) is 5.73 Å². The van der Waals surface area contributed by atoms with Crippen LogP contribution in [0.15, 0.2) is 11.2 Å². The first kappa shape index (κ1) is 14.9. The van der Waals surface area contributed by atoms with Gasteiger partial charge in [-0.2, -0.15) is 22.6 Å². The van der Waals surface area contributed by atoms with Crippen molar-refractivity contribution >= 4 is 10.0 Å². The monoisotopic (exact) mass is 286 g/mol. The number of nitrogens with one attached hydrogen (secondary N) is 1. The highest BCUT2D eigenvalue weighted by atomic mass is 32.2. The van der Waals surface area contributed by atoms with Gasteiger partial charge < -0.3 is 5.73 Å². The molecule has 0 spiro atoms. The second-order valence-electron chi connectivity index (χ2n) is 3.62. The lowest BCUT2D eigenvalue weighted by Gasteiger charge is -2.17. The number of sulfonamides is 1. The molecule has 0 fully saturated rings. The summed E-state index contributed by atoms with van der Waals surface area (Å²) in [5.74, 6) is 0. The molecular formula is C8H13F3N4O2S. The first-order valence-electron chi connectivity index (χ1n) is 4.94. The minimum atomic E-state index is -4.41. The number of halogens is 3. The third kappa shape index (κ3) is 3.43. The largest absolute Gasteiger partial charge is 0.390 e. The number of H-pyrrole nitrogens is 1. The molecule has 0 saturated carbocycles. The van der Waals surface area contributed by atoms with Crippen molar-refractivity contribution in [2.45, 2.75) is 24.2 Å². The van der Waals surface area contributed by atoms with E-state index in [1.807, 2.05) is 0 Å². The van der Waals surface area contributed by atoms with Crippen LogP contribution in [-0.2, 0) is 16.6 Å². The summed E-state index contributed by atoms with van der Waals surface area (Å²) in [7, 11) is -2.95. The van der Waals surface area contributed by atoms with E-state index in [9.17, 15) is 21.6 Å². The molecule has 104 valence electrons. The molecule has 0 aliphatic heterocycles. The van der Waals surface area contributed by atoms with Gasteiger partial charge in [-0.3, -0.25) is 5.10 Å². The molecule has 6 nitrogen and oxygen atoms in total. The smallest absolute Gasteiger partial charge is 0.326 e. The van der Waals surface area contributed by atoms with E-state index in [0.29, 0.717) is 4.31 Å². The van der Waals surface area contributed by atoms with Gasteiger partial charge in [-0.25, -0.2) is 8.42 Å². The van der Waals surface area contributed by atoms with Gasteiger partial charge in [-0.05, 0) is 0 Å². The zero-order valence-electron chi connectivity index (χ0n) is 9.53. The van der Waals surface area contributed by atoms with Crippen LogP contribution in [0.3, 0.4) is 0 Å². The minimum Gasteiger partial charge on any atom is -0.326 e. The van der Waals surface area contributed by atoms with Crippen molar-refractivity contribution in [2.24, 2.45) is 5.73 Å². The van der Waals surface area contributed by atoms with Crippen molar-refractivity contribution in [3.8, 4) is 0 Å². The van der Waals surface area contributed by atoms with Gasteiger partial charge >= 0.3 is 6.18 Å². The van der Waals surface area contributed by atoms with E-state index in [-0.39, 0.29) is 17.1 Å². The summed E-state index contributed by atoms with van der Waals surface area (Å²) < 4.78 is 60.6. The summed E-state index contributed by atoms with van der Waals surface area (Å²) in [5.41, 5.74) is 5.54. The minimum absolute atomic E-state index is 0.0713. The number of nitrogens with two attached hydrogens (primary N) is 1. The highest BCUT2D eigenvalue weighted by Gasteiger charge is 2.31. The lowest BCUT2D eigenvalue weighted by Crippen LogP contribution is -2.31. The van der Waals surface area contributed by atoms with Crippen LogP contribution in [0.2, 0.25) is 0 Å². The SMILES string of the molecule is CN(CCC(F)(F)F)S(=O)(=O)c1[nH]ncc1CN. The van der Waals surface area contributed by atoms with Crippen LogP contribution >= 0.6 is 0 Å². The fourth-order valence-electron chi connectivity index (χ4n) is 1.23. The Kier molecular flexibility index (Phi) is 4.35. The predicted octanol–water partition coefficient (Wildman–Crippen LogP) is 0.441. The summed E-state index contributed by atoms with van der Waals surface area (Å²) in [4.78, 5) is 0. The quantitative estimate of drug-likeness (QED) is 0.821. The predicted molar refractivity (Wildman–Crippen MR) is 57.0 cm³/mol. The third-order valence-electron chi connectivity index (χ3n) is 2.28. The van der Waals surface area contributed by atoms with Gasteiger partial charge in [0.05, 0.1) is 12.6 Å². The Hall–Kier alpha value is -1.13. The van der Waals surface area contributed by atoms with E-state index < -0.39 is 29.2 Å². The molecule has 0 amide bonds. The highest BCUT2D eigenvalue weighted by Crippen LogP contribution is 2.22. The third-order valence-corrected chi connectivity index (χ3v) is 4.15. The van der Waals surface area contributed by atoms with Crippen molar-refractivity contribution < 1.29 is 21.6 Å². The van der Waals surface area contributed by atoms with E-state index in [1.54, 1.807) is 0 Å². The Balaban J connectivity index is 2.87. The Bertz CT molecular complexity index is 497. The summed E-state index contributed by atoms with van der Waals surface area (Å²) in [5, 5.41) is 5.48. The van der Waals surface area contributed by atoms with Crippen LogP contribution < -0.4 is 5.73 Å². The zero-order valence-corrected chi connectivity index (χ0v) is 10.3. The molecule has 0 unspecified atom stereocenters. The summed E-state index contributed by atoms with van der Waals surface area (Å²) in [6.07, 6.45) is -4.40. The van der Waals surface area contributed by atoms with Crippen molar-refractivity contribution in [1.82, 2.24) is 14.5 Å². The van der Waals surface area contributed by atoms with Crippen LogP contribution in [-0.4, -0.2) is 42.7 Å². The Morgan fingerprint density at radius 2 is 2.11 bits per heavy atom. The van der Waals surface area contributed by atoms with Gasteiger partial charge in [0.1, 0.15) is 0 Å². The van der Waals surface area contributed by atoms with Gasteiger partial charge in [-0.15, -0.1) is 0 Å². The fourth-order valence-corrected chi connectivity index (χ4v) is 2.51. The van der Waals surface area contributed by atoms with Gasteiger partial charge in [0, 0.05) is 25.7 Å². The highest BCUT2D eigenvalue weighted by molar-refractivity contribution is 7.89. The number of rotatable bonds is 5. The average molecular weight is 286 g/mol. The summed E-state index contributed by atoms with van der Waals surface area (Å²) in [6, 6.07) is 0. The molecule has 0 aromatic carbocycles. The molecule has 18 heavy (non-hydrogen) atoms. The van der Waals surface area contributed by atoms with Crippen molar-refractivity contribution in [3.05, 3.63) is 11.8 Å². The Labute approximate surface area is 102 Å². The molecule has 0 aliphatic carbocycles. The normalized spacial score (nSPS) is 13.2. The van der Waals surface area contributed by atoms with Gasteiger partial charge in [0.25, 0.3) is 10.0 Å². The second kappa shape index (κ2) is 5.24. The van der Waals surface area contributed by atoms with E-state index in [1.165, 1.54) is 6.20 Å². The van der Waals surface area contributed by atoms with Gasteiger partial charge in [0.15, 0.2) is 5.03 Å². The number of hydrogen-bond donors (Lipinski definition) is 2. The molecule has 0 bridgehead atoms. The second-order valence-corrected chi connectivity index (χ2v) is 5.60. The average Bonchev–Trinajstić information content (AvgIpc) is 2.73. The molecule has 0 radical (unpaired) electrons. The number of aromatic amines is 1. The van der Waals surface area contributed by atoms with Crippen LogP contribution in [0.4, 0.5) is 13.2 Å². The van der Waals surface area contributed by atoms with Crippen molar-refractivity contribution in [2.75, 3.05) is 13.6 Å². The topological polar surface area (TPSA) is 92.1 Å².